The summed E-state index contributed by atoms with van der Waals surface area (Å²) >= 11 is 0. The molecule has 2 aromatic heterocycles. The summed E-state index contributed by atoms with van der Waals surface area (Å²) in [6, 6.07) is 17.3. The van der Waals surface area contributed by atoms with Gasteiger partial charge in [-0.3, -0.25) is 4.79 Å². The molecule has 0 atom stereocenters. The van der Waals surface area contributed by atoms with Crippen LogP contribution in [0.5, 0.6) is 0 Å². The van der Waals surface area contributed by atoms with Crippen molar-refractivity contribution in [2.75, 3.05) is 16.8 Å². The van der Waals surface area contributed by atoms with E-state index in [0.29, 0.717) is 17.2 Å². The summed E-state index contributed by atoms with van der Waals surface area (Å²) in [5, 5.41) is 2.84. The van der Waals surface area contributed by atoms with Gasteiger partial charge in [0.1, 0.15) is 11.6 Å². The van der Waals surface area contributed by atoms with Crippen LogP contribution in [0.3, 0.4) is 0 Å². The average molecular weight is 330 g/mol. The third-order valence-corrected chi connectivity index (χ3v) is 4.30. The zero-order valence-electron chi connectivity index (χ0n) is 13.7. The summed E-state index contributed by atoms with van der Waals surface area (Å²) in [5.74, 6) is 1.01. The van der Waals surface area contributed by atoms with E-state index in [4.69, 9.17) is 0 Å². The fourth-order valence-corrected chi connectivity index (χ4v) is 3.16. The Morgan fingerprint density at radius 2 is 1.80 bits per heavy atom. The average Bonchev–Trinajstić information content (AvgIpc) is 2.68. The van der Waals surface area contributed by atoms with Crippen LogP contribution >= 0.6 is 0 Å². The highest BCUT2D eigenvalue weighted by molar-refractivity contribution is 6.07. The van der Waals surface area contributed by atoms with Gasteiger partial charge in [0.05, 0.1) is 5.56 Å². The molecule has 1 amide bonds. The number of para-hydroxylation sites is 1. The van der Waals surface area contributed by atoms with E-state index >= 15 is 0 Å². The van der Waals surface area contributed by atoms with Crippen molar-refractivity contribution in [1.29, 1.82) is 0 Å². The largest absolute Gasteiger partial charge is 0.325 e. The quantitative estimate of drug-likeness (QED) is 0.793. The van der Waals surface area contributed by atoms with E-state index in [0.717, 1.165) is 25.1 Å². The maximum Gasteiger partial charge on any atom is 0.260 e. The number of carbonyl (C=O) groups excluding carboxylic acids is 1. The highest BCUT2D eigenvalue weighted by atomic mass is 16.1. The van der Waals surface area contributed by atoms with Gasteiger partial charge in [0.15, 0.2) is 0 Å². The van der Waals surface area contributed by atoms with Gasteiger partial charge in [-0.1, -0.05) is 24.3 Å². The van der Waals surface area contributed by atoms with Crippen LogP contribution in [0.4, 0.5) is 17.3 Å². The maximum absolute atomic E-state index is 12.8. The van der Waals surface area contributed by atoms with Crippen LogP contribution in [0.2, 0.25) is 0 Å². The van der Waals surface area contributed by atoms with E-state index in [1.807, 2.05) is 18.2 Å². The first kappa shape index (κ1) is 15.3. The monoisotopic (exact) mass is 330 g/mol. The highest BCUT2D eigenvalue weighted by Gasteiger charge is 2.23. The van der Waals surface area contributed by atoms with E-state index in [9.17, 15) is 4.79 Å². The van der Waals surface area contributed by atoms with Crippen molar-refractivity contribution < 1.29 is 4.79 Å². The fraction of sp³-hybridized carbons (Fsp3) is 0.150. The molecule has 1 N–H and O–H groups in total. The van der Waals surface area contributed by atoms with Crippen LogP contribution < -0.4 is 10.2 Å². The molecule has 5 heteroatoms. The molecule has 0 fully saturated rings. The number of nitrogens with one attached hydrogen (secondary N) is 1. The first-order valence-corrected chi connectivity index (χ1v) is 8.36. The molecule has 3 heterocycles. The summed E-state index contributed by atoms with van der Waals surface area (Å²) in [4.78, 5) is 23.6. The van der Waals surface area contributed by atoms with E-state index in [1.165, 1.54) is 5.56 Å². The lowest BCUT2D eigenvalue weighted by Crippen LogP contribution is -2.28. The Bertz CT molecular complexity index is 895. The fourth-order valence-electron chi connectivity index (χ4n) is 3.16. The molecule has 1 aliphatic heterocycles. The van der Waals surface area contributed by atoms with Crippen LogP contribution in [-0.4, -0.2) is 22.4 Å². The SMILES string of the molecule is O=C(Nc1ccccn1)c1cccnc1N1CCCc2ccccc21. The van der Waals surface area contributed by atoms with E-state index < -0.39 is 0 Å². The number of anilines is 3. The van der Waals surface area contributed by atoms with Crippen molar-refractivity contribution >= 4 is 23.2 Å². The Balaban J connectivity index is 1.70. The topological polar surface area (TPSA) is 58.1 Å². The predicted molar refractivity (Wildman–Crippen MR) is 98.2 cm³/mol. The van der Waals surface area contributed by atoms with Crippen LogP contribution in [0, 0.1) is 0 Å². The van der Waals surface area contributed by atoms with Gasteiger partial charge in [-0.05, 0) is 48.7 Å². The maximum atomic E-state index is 12.8. The lowest BCUT2D eigenvalue weighted by atomic mass is 10.0. The van der Waals surface area contributed by atoms with Gasteiger partial charge in [0.25, 0.3) is 5.91 Å². The van der Waals surface area contributed by atoms with Crippen molar-refractivity contribution in [3.63, 3.8) is 0 Å². The van der Waals surface area contributed by atoms with Crippen molar-refractivity contribution in [3.05, 3.63) is 78.1 Å². The molecular formula is C20H18N4O. The molecular weight excluding hydrogens is 312 g/mol. The number of aryl methyl sites for hydroxylation is 1. The molecule has 0 unspecified atom stereocenters. The Kier molecular flexibility index (Phi) is 4.12. The van der Waals surface area contributed by atoms with Crippen molar-refractivity contribution in [2.24, 2.45) is 0 Å². The summed E-state index contributed by atoms with van der Waals surface area (Å²) in [6.07, 6.45) is 5.47. The third kappa shape index (κ3) is 3.08. The number of rotatable bonds is 3. The van der Waals surface area contributed by atoms with Crippen molar-refractivity contribution in [2.45, 2.75) is 12.8 Å². The lowest BCUT2D eigenvalue weighted by Gasteiger charge is -2.31. The molecule has 124 valence electrons. The van der Waals surface area contributed by atoms with Gasteiger partial charge in [-0.15, -0.1) is 0 Å². The van der Waals surface area contributed by atoms with Crippen molar-refractivity contribution in [3.8, 4) is 0 Å². The minimum absolute atomic E-state index is 0.204. The predicted octanol–water partition coefficient (Wildman–Crippen LogP) is 3.81. The third-order valence-electron chi connectivity index (χ3n) is 4.30. The molecule has 0 radical (unpaired) electrons. The second kappa shape index (κ2) is 6.73. The summed E-state index contributed by atoms with van der Waals surface area (Å²) in [7, 11) is 0. The Labute approximate surface area is 146 Å². The van der Waals surface area contributed by atoms with E-state index in [1.54, 1.807) is 30.6 Å². The van der Waals surface area contributed by atoms with Crippen LogP contribution in [0.25, 0.3) is 0 Å². The van der Waals surface area contributed by atoms with Gasteiger partial charge < -0.3 is 10.2 Å². The van der Waals surface area contributed by atoms with Gasteiger partial charge in [0, 0.05) is 24.6 Å². The van der Waals surface area contributed by atoms with E-state index in [-0.39, 0.29) is 5.91 Å². The summed E-state index contributed by atoms with van der Waals surface area (Å²) in [6.45, 7) is 0.845. The highest BCUT2D eigenvalue weighted by Crippen LogP contribution is 2.33. The number of nitrogens with zero attached hydrogens (tertiary/aromatic N) is 3. The number of pyridine rings is 2. The Hall–Kier alpha value is -3.21. The Morgan fingerprint density at radius 3 is 2.68 bits per heavy atom. The van der Waals surface area contributed by atoms with Gasteiger partial charge in [0.2, 0.25) is 0 Å². The van der Waals surface area contributed by atoms with Gasteiger partial charge in [-0.2, -0.15) is 0 Å². The second-order valence-electron chi connectivity index (χ2n) is 5.93. The second-order valence-corrected chi connectivity index (χ2v) is 5.93. The number of aromatic nitrogens is 2. The molecule has 0 spiro atoms. The minimum atomic E-state index is -0.204. The molecule has 3 aromatic rings. The lowest BCUT2D eigenvalue weighted by molar-refractivity contribution is 0.102. The number of fused-ring (bicyclic) bond motifs is 1. The molecule has 1 aromatic carbocycles. The van der Waals surface area contributed by atoms with Crippen LogP contribution in [0.15, 0.2) is 67.0 Å². The van der Waals surface area contributed by atoms with Gasteiger partial charge in [-0.25, -0.2) is 9.97 Å². The molecule has 0 saturated heterocycles. The zero-order valence-corrected chi connectivity index (χ0v) is 13.7. The summed E-state index contributed by atoms with van der Waals surface area (Å²) < 4.78 is 0. The van der Waals surface area contributed by atoms with Gasteiger partial charge >= 0.3 is 0 Å². The first-order chi connectivity index (χ1) is 12.3. The standard InChI is InChI=1S/C20H18N4O/c25-20(23-18-11-3-4-12-21-18)16-9-5-13-22-19(16)24-14-6-8-15-7-1-2-10-17(15)24/h1-5,7,9-13H,6,8,14H2,(H,21,23,25). The molecule has 5 nitrogen and oxygen atoms in total. The molecule has 0 aliphatic carbocycles. The number of carbonyl (C=O) groups is 1. The number of amides is 1. The molecule has 0 bridgehead atoms. The number of hydrogen-bond acceptors (Lipinski definition) is 4. The van der Waals surface area contributed by atoms with Crippen LogP contribution in [-0.2, 0) is 6.42 Å². The Morgan fingerprint density at radius 1 is 0.960 bits per heavy atom. The number of benzene rings is 1. The first-order valence-electron chi connectivity index (χ1n) is 8.36. The number of hydrogen-bond donors (Lipinski definition) is 1. The van der Waals surface area contributed by atoms with E-state index in [2.05, 4.69) is 38.4 Å². The summed E-state index contributed by atoms with van der Waals surface area (Å²) in [5.41, 5.74) is 2.96. The van der Waals surface area contributed by atoms with Crippen LogP contribution in [0.1, 0.15) is 22.3 Å². The van der Waals surface area contributed by atoms with Crippen molar-refractivity contribution in [1.82, 2.24) is 9.97 Å². The minimum Gasteiger partial charge on any atom is -0.325 e. The molecule has 4 rings (SSSR count). The zero-order chi connectivity index (χ0) is 17.1. The normalized spacial score (nSPS) is 13.2. The molecule has 25 heavy (non-hydrogen) atoms. The smallest absolute Gasteiger partial charge is 0.260 e. The molecule has 0 saturated carbocycles. The molecule has 1 aliphatic rings.